The summed E-state index contributed by atoms with van der Waals surface area (Å²) < 4.78 is 0.977. The monoisotopic (exact) mass is 321 g/mol. The lowest BCUT2D eigenvalue weighted by atomic mass is 10.2. The fourth-order valence-corrected chi connectivity index (χ4v) is 1.82. The second-order valence-corrected chi connectivity index (χ2v) is 5.40. The van der Waals surface area contributed by atoms with Crippen LogP contribution in [0.3, 0.4) is 0 Å². The summed E-state index contributed by atoms with van der Waals surface area (Å²) in [4.78, 5) is 4.36. The molecule has 0 aliphatic carbocycles. The lowest BCUT2D eigenvalue weighted by Crippen LogP contribution is -2.11. The predicted octanol–water partition coefficient (Wildman–Crippen LogP) is 3.45. The van der Waals surface area contributed by atoms with E-state index in [0.29, 0.717) is 17.7 Å². The van der Waals surface area contributed by atoms with Crippen LogP contribution in [0.2, 0.25) is 0 Å². The van der Waals surface area contributed by atoms with Crippen LogP contribution in [0, 0.1) is 5.92 Å². The van der Waals surface area contributed by atoms with Crippen molar-refractivity contribution < 1.29 is 0 Å². The minimum absolute atomic E-state index is 0.531. The first-order valence-corrected chi connectivity index (χ1v) is 6.89. The van der Waals surface area contributed by atoms with E-state index in [1.54, 1.807) is 6.20 Å². The number of nitrogens with zero attached hydrogens (tertiary/aromatic N) is 3. The third-order valence-electron chi connectivity index (χ3n) is 2.36. The zero-order chi connectivity index (χ0) is 13.7. The number of anilines is 3. The number of hydrogen-bond acceptors (Lipinski definition) is 5. The highest BCUT2D eigenvalue weighted by Gasteiger charge is 2.03. The molecule has 0 saturated carbocycles. The van der Waals surface area contributed by atoms with Crippen molar-refractivity contribution in [3.05, 3.63) is 34.9 Å². The Hall–Kier alpha value is -1.69. The van der Waals surface area contributed by atoms with E-state index in [4.69, 9.17) is 0 Å². The Labute approximate surface area is 121 Å². The fraction of sp³-hybridized carbons (Fsp3) is 0.308. The topological polar surface area (TPSA) is 62.7 Å². The van der Waals surface area contributed by atoms with Crippen LogP contribution in [-0.4, -0.2) is 21.7 Å². The number of rotatable bonds is 5. The summed E-state index contributed by atoms with van der Waals surface area (Å²) >= 11 is 3.48. The SMILES string of the molecule is CC(C)CNc1nncc(Nc2ccccc2Br)n1. The largest absolute Gasteiger partial charge is 0.353 e. The van der Waals surface area contributed by atoms with Crippen molar-refractivity contribution in [3.63, 3.8) is 0 Å². The number of para-hydroxylation sites is 1. The second-order valence-electron chi connectivity index (χ2n) is 4.54. The van der Waals surface area contributed by atoms with Crippen molar-refractivity contribution in [2.45, 2.75) is 13.8 Å². The fourth-order valence-electron chi connectivity index (χ4n) is 1.43. The zero-order valence-electron chi connectivity index (χ0n) is 10.9. The van der Waals surface area contributed by atoms with E-state index in [1.165, 1.54) is 0 Å². The maximum absolute atomic E-state index is 4.36. The minimum Gasteiger partial charge on any atom is -0.353 e. The Balaban J connectivity index is 2.09. The van der Waals surface area contributed by atoms with E-state index < -0.39 is 0 Å². The van der Waals surface area contributed by atoms with Gasteiger partial charge in [-0.1, -0.05) is 26.0 Å². The minimum atomic E-state index is 0.531. The maximum Gasteiger partial charge on any atom is 0.244 e. The average Bonchev–Trinajstić information content (AvgIpc) is 2.40. The molecular formula is C13H16BrN5. The van der Waals surface area contributed by atoms with Gasteiger partial charge < -0.3 is 10.6 Å². The van der Waals surface area contributed by atoms with Crippen LogP contribution in [-0.2, 0) is 0 Å². The molecule has 0 aliphatic heterocycles. The van der Waals surface area contributed by atoms with Gasteiger partial charge in [0.15, 0.2) is 5.82 Å². The van der Waals surface area contributed by atoms with Gasteiger partial charge in [0.05, 0.1) is 11.9 Å². The van der Waals surface area contributed by atoms with E-state index in [0.717, 1.165) is 16.7 Å². The summed E-state index contributed by atoms with van der Waals surface area (Å²) in [5.74, 6) is 1.72. The van der Waals surface area contributed by atoms with Crippen molar-refractivity contribution in [2.24, 2.45) is 5.92 Å². The molecule has 6 heteroatoms. The molecule has 1 heterocycles. The Bertz CT molecular complexity index is 544. The van der Waals surface area contributed by atoms with Crippen molar-refractivity contribution >= 4 is 33.4 Å². The van der Waals surface area contributed by atoms with Gasteiger partial charge in [-0.2, -0.15) is 10.1 Å². The molecule has 0 bridgehead atoms. The van der Waals surface area contributed by atoms with Gasteiger partial charge in [0.2, 0.25) is 5.95 Å². The Morgan fingerprint density at radius 2 is 2.05 bits per heavy atom. The van der Waals surface area contributed by atoms with Crippen LogP contribution < -0.4 is 10.6 Å². The highest BCUT2D eigenvalue weighted by Crippen LogP contribution is 2.24. The van der Waals surface area contributed by atoms with Crippen LogP contribution in [0.4, 0.5) is 17.5 Å². The van der Waals surface area contributed by atoms with E-state index in [2.05, 4.69) is 55.6 Å². The van der Waals surface area contributed by atoms with Crippen molar-refractivity contribution in [1.82, 2.24) is 15.2 Å². The van der Waals surface area contributed by atoms with Gasteiger partial charge in [0, 0.05) is 11.0 Å². The molecule has 0 saturated heterocycles. The van der Waals surface area contributed by atoms with Crippen molar-refractivity contribution in [3.8, 4) is 0 Å². The van der Waals surface area contributed by atoms with Gasteiger partial charge in [0.25, 0.3) is 0 Å². The molecule has 2 aromatic rings. The summed E-state index contributed by atoms with van der Waals surface area (Å²) in [5, 5.41) is 14.2. The first-order valence-electron chi connectivity index (χ1n) is 6.10. The van der Waals surface area contributed by atoms with Crippen LogP contribution in [0.15, 0.2) is 34.9 Å². The van der Waals surface area contributed by atoms with Crippen LogP contribution in [0.25, 0.3) is 0 Å². The van der Waals surface area contributed by atoms with Crippen molar-refractivity contribution in [1.29, 1.82) is 0 Å². The lowest BCUT2D eigenvalue weighted by Gasteiger charge is -2.09. The van der Waals surface area contributed by atoms with Crippen LogP contribution in [0.5, 0.6) is 0 Å². The number of aromatic nitrogens is 3. The van der Waals surface area contributed by atoms with Gasteiger partial charge >= 0.3 is 0 Å². The van der Waals surface area contributed by atoms with Gasteiger partial charge in [-0.15, -0.1) is 5.10 Å². The molecule has 1 aromatic heterocycles. The summed E-state index contributed by atoms with van der Waals surface area (Å²) in [6.45, 7) is 5.08. The Kier molecular flexibility index (Phi) is 4.68. The Morgan fingerprint density at radius 1 is 1.26 bits per heavy atom. The molecule has 1 aromatic carbocycles. The number of hydrogen-bond donors (Lipinski definition) is 2. The van der Waals surface area contributed by atoms with Crippen LogP contribution in [0.1, 0.15) is 13.8 Å². The van der Waals surface area contributed by atoms with Gasteiger partial charge in [-0.3, -0.25) is 0 Å². The summed E-state index contributed by atoms with van der Waals surface area (Å²) in [7, 11) is 0. The summed E-state index contributed by atoms with van der Waals surface area (Å²) in [6, 6.07) is 7.85. The molecule has 0 unspecified atom stereocenters. The molecule has 0 fully saturated rings. The molecule has 0 aliphatic rings. The van der Waals surface area contributed by atoms with E-state index in [9.17, 15) is 0 Å². The normalized spacial score (nSPS) is 10.5. The molecule has 19 heavy (non-hydrogen) atoms. The second kappa shape index (κ2) is 6.47. The number of nitrogens with one attached hydrogen (secondary N) is 2. The first kappa shape index (κ1) is 13.7. The quantitative estimate of drug-likeness (QED) is 0.883. The molecule has 2 N–H and O–H groups in total. The van der Waals surface area contributed by atoms with Gasteiger partial charge in [-0.25, -0.2) is 0 Å². The molecule has 2 rings (SSSR count). The van der Waals surface area contributed by atoms with E-state index in [1.807, 2.05) is 24.3 Å². The molecule has 0 amide bonds. The van der Waals surface area contributed by atoms with Gasteiger partial charge in [0.1, 0.15) is 0 Å². The predicted molar refractivity (Wildman–Crippen MR) is 80.6 cm³/mol. The third-order valence-corrected chi connectivity index (χ3v) is 3.06. The highest BCUT2D eigenvalue weighted by molar-refractivity contribution is 9.10. The van der Waals surface area contributed by atoms with Gasteiger partial charge in [-0.05, 0) is 34.0 Å². The lowest BCUT2D eigenvalue weighted by molar-refractivity contribution is 0.682. The van der Waals surface area contributed by atoms with Crippen LogP contribution >= 0.6 is 15.9 Å². The summed E-state index contributed by atoms with van der Waals surface area (Å²) in [6.07, 6.45) is 1.60. The zero-order valence-corrected chi connectivity index (χ0v) is 12.5. The first-order chi connectivity index (χ1) is 9.15. The molecule has 100 valence electrons. The number of halogens is 1. The van der Waals surface area contributed by atoms with E-state index in [-0.39, 0.29) is 0 Å². The average molecular weight is 322 g/mol. The molecule has 0 spiro atoms. The maximum atomic E-state index is 4.36. The third kappa shape index (κ3) is 4.17. The van der Waals surface area contributed by atoms with E-state index >= 15 is 0 Å². The highest BCUT2D eigenvalue weighted by atomic mass is 79.9. The summed E-state index contributed by atoms with van der Waals surface area (Å²) in [5.41, 5.74) is 0.942. The molecule has 0 atom stereocenters. The standard InChI is InChI=1S/C13H16BrN5/c1-9(2)7-15-13-18-12(8-16-19-13)17-11-6-4-3-5-10(11)14/h3-6,8-9H,7H2,1-2H3,(H2,15,17,18,19). The Morgan fingerprint density at radius 3 is 2.79 bits per heavy atom. The molecular weight excluding hydrogens is 306 g/mol. The molecule has 0 radical (unpaired) electrons. The molecule has 5 nitrogen and oxygen atoms in total. The smallest absolute Gasteiger partial charge is 0.244 e. The van der Waals surface area contributed by atoms with Crippen molar-refractivity contribution in [2.75, 3.05) is 17.2 Å². The number of benzene rings is 1.